The molecule has 4 nitrogen and oxygen atoms in total. The molecule has 2 atom stereocenters. The lowest BCUT2D eigenvalue weighted by atomic mass is 9.99. The maximum atomic E-state index is 5.46. The number of para-hydroxylation sites is 1. The van der Waals surface area contributed by atoms with Gasteiger partial charge < -0.3 is 9.47 Å². The fourth-order valence-corrected chi connectivity index (χ4v) is 4.73. The van der Waals surface area contributed by atoms with Crippen LogP contribution in [-0.4, -0.2) is 27.2 Å². The molecule has 0 aliphatic carbocycles. The summed E-state index contributed by atoms with van der Waals surface area (Å²) in [5, 5.41) is 1.31. The molecule has 1 aliphatic heterocycles. The van der Waals surface area contributed by atoms with Gasteiger partial charge in [0.1, 0.15) is 5.01 Å². The highest BCUT2D eigenvalue weighted by atomic mass is 32.1. The van der Waals surface area contributed by atoms with Crippen LogP contribution < -0.4 is 4.90 Å². The second kappa shape index (κ2) is 6.19. The number of nitrogens with zero attached hydrogens (tertiary/aromatic N) is 3. The Labute approximate surface area is 145 Å². The molecule has 0 amide bonds. The smallest absolute Gasteiger partial charge is 0.183 e. The third kappa shape index (κ3) is 2.98. The van der Waals surface area contributed by atoms with Gasteiger partial charge in [-0.15, -0.1) is 11.3 Å². The predicted octanol–water partition coefficient (Wildman–Crippen LogP) is 2.59. The van der Waals surface area contributed by atoms with E-state index in [-0.39, 0.29) is 0 Å². The minimum atomic E-state index is 0.578. The zero-order valence-electron chi connectivity index (χ0n) is 13.2. The molecule has 1 saturated heterocycles. The summed E-state index contributed by atoms with van der Waals surface area (Å²) < 4.78 is 6.40. The van der Waals surface area contributed by atoms with Gasteiger partial charge in [0.25, 0.3) is 0 Å². The number of aromatic nitrogens is 3. The molecule has 23 heavy (non-hydrogen) atoms. The van der Waals surface area contributed by atoms with Gasteiger partial charge in [-0.2, -0.15) is 0 Å². The van der Waals surface area contributed by atoms with Crippen LogP contribution >= 0.6 is 23.6 Å². The summed E-state index contributed by atoms with van der Waals surface area (Å²) in [6.07, 6.45) is 6.65. The van der Waals surface area contributed by atoms with E-state index in [0.717, 1.165) is 23.5 Å². The van der Waals surface area contributed by atoms with E-state index in [0.29, 0.717) is 5.92 Å². The predicted molar refractivity (Wildman–Crippen MR) is 96.5 cm³/mol. The summed E-state index contributed by atoms with van der Waals surface area (Å²) in [5.41, 5.74) is 1.14. The number of aryl methyl sites for hydroxylation is 1. The Balaban J connectivity index is 1.52. The normalized spacial score (nSPS) is 21.8. The highest BCUT2D eigenvalue weighted by molar-refractivity contribution is 7.71. The molecule has 1 N–H and O–H groups in total. The van der Waals surface area contributed by atoms with Gasteiger partial charge in [0, 0.05) is 19.4 Å². The third-order valence-corrected chi connectivity index (χ3v) is 6.41. The number of nitrogens with one attached hydrogen (secondary N) is 1. The van der Waals surface area contributed by atoms with E-state index < -0.39 is 0 Å². The van der Waals surface area contributed by atoms with Crippen molar-refractivity contribution in [3.05, 3.63) is 46.4 Å². The molecule has 2 aromatic heterocycles. The first-order chi connectivity index (χ1) is 11.2. The van der Waals surface area contributed by atoms with E-state index in [4.69, 9.17) is 17.2 Å². The molecule has 1 unspecified atom stereocenters. The molecule has 4 rings (SSSR count). The first-order valence-electron chi connectivity index (χ1n) is 8.11. The van der Waals surface area contributed by atoms with Crippen LogP contribution in [0.2, 0.25) is 0 Å². The molecule has 0 bridgehead atoms. The molecule has 1 fully saturated rings. The van der Waals surface area contributed by atoms with Crippen molar-refractivity contribution in [2.24, 2.45) is 7.05 Å². The number of benzene rings is 1. The molecule has 0 spiro atoms. The van der Waals surface area contributed by atoms with Crippen LogP contribution in [0.1, 0.15) is 23.8 Å². The Kier molecular flexibility index (Phi) is 4.05. The van der Waals surface area contributed by atoms with E-state index in [1.807, 2.05) is 29.1 Å². The lowest BCUT2D eigenvalue weighted by Gasteiger charge is -2.28. The van der Waals surface area contributed by atoms with Gasteiger partial charge in [-0.1, -0.05) is 12.1 Å². The van der Waals surface area contributed by atoms with E-state index in [2.05, 4.69) is 35.0 Å². The molecule has 120 valence electrons. The van der Waals surface area contributed by atoms with Crippen LogP contribution in [0.25, 0.3) is 10.2 Å². The maximum Gasteiger partial charge on any atom is 0.183 e. The Morgan fingerprint density at radius 3 is 3.00 bits per heavy atom. The zero-order valence-corrected chi connectivity index (χ0v) is 14.9. The number of hydrogen-bond donors (Lipinski definition) is 1. The number of piperidine rings is 1. The van der Waals surface area contributed by atoms with Gasteiger partial charge in [-0.25, -0.2) is 4.98 Å². The first kappa shape index (κ1) is 15.1. The highest BCUT2D eigenvalue weighted by Crippen LogP contribution is 2.30. The van der Waals surface area contributed by atoms with Gasteiger partial charge in [0.2, 0.25) is 0 Å². The fraction of sp³-hybridized carbons (Fsp3) is 0.412. The SMILES string of the molecule is Cn1ccn(C[NH+]2CCC[C@@H](c3nc4ccccc4s3)C2)c1=S. The molecule has 6 heteroatoms. The number of quaternary nitrogens is 1. The molecule has 3 heterocycles. The van der Waals surface area contributed by atoms with Crippen molar-refractivity contribution < 1.29 is 4.90 Å². The molecule has 1 aliphatic rings. The first-order valence-corrected chi connectivity index (χ1v) is 9.34. The summed E-state index contributed by atoms with van der Waals surface area (Å²) in [6.45, 7) is 3.33. The fourth-order valence-electron chi connectivity index (χ4n) is 3.44. The lowest BCUT2D eigenvalue weighted by Crippen LogP contribution is -3.12. The lowest BCUT2D eigenvalue weighted by molar-refractivity contribution is -0.928. The Morgan fingerprint density at radius 2 is 2.22 bits per heavy atom. The molecular weight excluding hydrogens is 324 g/mol. The standard InChI is InChI=1S/C17H20N4S2/c1-19-9-10-21(17(19)22)12-20-8-4-5-13(11-20)16-18-14-6-2-3-7-15(14)23-16/h2-3,6-7,9-10,13H,4-5,8,11-12H2,1H3/p+1/t13-/m1/s1. The van der Waals surface area contributed by atoms with Crippen LogP contribution in [0.3, 0.4) is 0 Å². The number of hydrogen-bond acceptors (Lipinski definition) is 3. The average molecular weight is 346 g/mol. The minimum Gasteiger partial charge on any atom is -0.327 e. The van der Waals surface area contributed by atoms with Crippen molar-refractivity contribution in [2.45, 2.75) is 25.4 Å². The van der Waals surface area contributed by atoms with Crippen LogP contribution in [-0.2, 0) is 13.7 Å². The van der Waals surface area contributed by atoms with Gasteiger partial charge in [-0.3, -0.25) is 4.57 Å². The summed E-state index contributed by atoms with van der Waals surface area (Å²) in [6, 6.07) is 8.46. The monoisotopic (exact) mass is 345 g/mol. The number of thiazole rings is 1. The largest absolute Gasteiger partial charge is 0.327 e. The zero-order chi connectivity index (χ0) is 15.8. The minimum absolute atomic E-state index is 0.578. The van der Waals surface area contributed by atoms with E-state index >= 15 is 0 Å². The molecule has 1 aromatic carbocycles. The Hall–Kier alpha value is -1.50. The second-order valence-electron chi connectivity index (χ2n) is 6.38. The quantitative estimate of drug-likeness (QED) is 0.739. The number of likely N-dealkylation sites (tertiary alicyclic amines) is 1. The van der Waals surface area contributed by atoms with Crippen LogP contribution in [0, 0.1) is 4.77 Å². The van der Waals surface area contributed by atoms with Crippen molar-refractivity contribution >= 4 is 33.8 Å². The Bertz CT molecular complexity index is 843. The summed E-state index contributed by atoms with van der Waals surface area (Å²) in [5.74, 6) is 0.578. The highest BCUT2D eigenvalue weighted by Gasteiger charge is 2.27. The summed E-state index contributed by atoms with van der Waals surface area (Å²) in [7, 11) is 2.01. The van der Waals surface area contributed by atoms with E-state index in [1.165, 1.54) is 29.1 Å². The van der Waals surface area contributed by atoms with Crippen molar-refractivity contribution in [3.63, 3.8) is 0 Å². The van der Waals surface area contributed by atoms with Crippen molar-refractivity contribution in [2.75, 3.05) is 13.1 Å². The van der Waals surface area contributed by atoms with Gasteiger partial charge in [0.05, 0.1) is 29.2 Å². The van der Waals surface area contributed by atoms with Gasteiger partial charge in [-0.05, 0) is 37.2 Å². The Morgan fingerprint density at radius 1 is 1.35 bits per heavy atom. The molecular formula is C17H21N4S2+. The molecule has 0 radical (unpaired) electrons. The number of imidazole rings is 1. The summed E-state index contributed by atoms with van der Waals surface area (Å²) in [4.78, 5) is 6.47. The van der Waals surface area contributed by atoms with Crippen LogP contribution in [0.15, 0.2) is 36.7 Å². The number of rotatable bonds is 3. The van der Waals surface area contributed by atoms with Crippen molar-refractivity contribution in [1.82, 2.24) is 14.1 Å². The van der Waals surface area contributed by atoms with Crippen LogP contribution in [0.5, 0.6) is 0 Å². The van der Waals surface area contributed by atoms with Gasteiger partial charge >= 0.3 is 0 Å². The van der Waals surface area contributed by atoms with Crippen molar-refractivity contribution in [3.8, 4) is 0 Å². The second-order valence-corrected chi connectivity index (χ2v) is 7.81. The van der Waals surface area contributed by atoms with Gasteiger partial charge in [0.15, 0.2) is 11.4 Å². The summed E-state index contributed by atoms with van der Waals surface area (Å²) >= 11 is 7.33. The third-order valence-electron chi connectivity index (χ3n) is 4.69. The van der Waals surface area contributed by atoms with E-state index in [9.17, 15) is 0 Å². The maximum absolute atomic E-state index is 5.46. The number of fused-ring (bicyclic) bond motifs is 1. The molecule has 3 aromatic rings. The topological polar surface area (TPSA) is 27.2 Å². The van der Waals surface area contributed by atoms with E-state index in [1.54, 1.807) is 4.90 Å². The average Bonchev–Trinajstić information content (AvgIpc) is 3.14. The van der Waals surface area contributed by atoms with Crippen molar-refractivity contribution in [1.29, 1.82) is 0 Å². The van der Waals surface area contributed by atoms with Crippen LogP contribution in [0.4, 0.5) is 0 Å². The molecule has 0 saturated carbocycles.